The number of hydrogen-bond donors (Lipinski definition) is 0. The summed E-state index contributed by atoms with van der Waals surface area (Å²) in [6.07, 6.45) is 5.94. The lowest BCUT2D eigenvalue weighted by atomic mass is 9.87. The van der Waals surface area contributed by atoms with Gasteiger partial charge >= 0.3 is 15.6 Å². The number of hydrogen-bond acceptors (Lipinski definition) is 3. The van der Waals surface area contributed by atoms with Gasteiger partial charge in [-0.2, -0.15) is 21.6 Å². The molecule has 0 aromatic carbocycles. The van der Waals surface area contributed by atoms with Crippen LogP contribution in [0.25, 0.3) is 0 Å². The Labute approximate surface area is 91.7 Å². The van der Waals surface area contributed by atoms with Gasteiger partial charge < -0.3 is 0 Å². The van der Waals surface area contributed by atoms with Crippen LogP contribution in [-0.2, 0) is 14.3 Å². The SMILES string of the molecule is CC1C=CC=CC1(C)OS(=O)(=O)C(F)(F)F. The zero-order chi connectivity index (χ0) is 12.6. The predicted molar refractivity (Wildman–Crippen MR) is 51.9 cm³/mol. The summed E-state index contributed by atoms with van der Waals surface area (Å²) in [4.78, 5) is 0. The molecule has 0 saturated carbocycles. The zero-order valence-electron chi connectivity index (χ0n) is 8.65. The Kier molecular flexibility index (Phi) is 3.22. The van der Waals surface area contributed by atoms with Crippen LogP contribution < -0.4 is 0 Å². The average molecular weight is 256 g/mol. The topological polar surface area (TPSA) is 43.4 Å². The first-order valence-corrected chi connectivity index (χ1v) is 5.87. The molecule has 0 bridgehead atoms. The third-order valence-electron chi connectivity index (χ3n) is 2.41. The Morgan fingerprint density at radius 1 is 1.31 bits per heavy atom. The minimum Gasteiger partial charge on any atom is -0.252 e. The van der Waals surface area contributed by atoms with E-state index in [1.165, 1.54) is 19.1 Å². The van der Waals surface area contributed by atoms with Gasteiger partial charge in [-0.3, -0.25) is 4.18 Å². The zero-order valence-corrected chi connectivity index (χ0v) is 9.47. The Balaban J connectivity index is 2.98. The Morgan fingerprint density at radius 3 is 2.31 bits per heavy atom. The molecule has 0 saturated heterocycles. The first-order chi connectivity index (χ1) is 7.08. The molecule has 0 aromatic rings. The van der Waals surface area contributed by atoms with Gasteiger partial charge in [0.25, 0.3) is 0 Å². The summed E-state index contributed by atoms with van der Waals surface area (Å²) in [6.45, 7) is 2.87. The van der Waals surface area contributed by atoms with Gasteiger partial charge in [0.1, 0.15) is 5.60 Å². The van der Waals surface area contributed by atoms with E-state index in [9.17, 15) is 21.6 Å². The maximum Gasteiger partial charge on any atom is 0.523 e. The van der Waals surface area contributed by atoms with E-state index in [1.54, 1.807) is 19.1 Å². The third-order valence-corrected chi connectivity index (χ3v) is 3.56. The summed E-state index contributed by atoms with van der Waals surface area (Å²) in [6, 6.07) is 0. The summed E-state index contributed by atoms with van der Waals surface area (Å²) in [5.41, 5.74) is -6.90. The van der Waals surface area contributed by atoms with Crippen molar-refractivity contribution in [3.8, 4) is 0 Å². The van der Waals surface area contributed by atoms with Crippen LogP contribution in [0, 0.1) is 5.92 Å². The van der Waals surface area contributed by atoms with E-state index in [2.05, 4.69) is 4.18 Å². The first kappa shape index (κ1) is 13.2. The van der Waals surface area contributed by atoms with E-state index >= 15 is 0 Å². The van der Waals surface area contributed by atoms with Gasteiger partial charge in [0, 0.05) is 5.92 Å². The van der Waals surface area contributed by atoms with Crippen molar-refractivity contribution >= 4 is 10.1 Å². The van der Waals surface area contributed by atoms with Crippen LogP contribution >= 0.6 is 0 Å². The quantitative estimate of drug-likeness (QED) is 0.562. The fourth-order valence-corrected chi connectivity index (χ4v) is 1.98. The minimum absolute atomic E-state index is 0.463. The van der Waals surface area contributed by atoms with Crippen LogP contribution in [-0.4, -0.2) is 19.5 Å². The third kappa shape index (κ3) is 2.46. The van der Waals surface area contributed by atoms with E-state index in [0.717, 1.165) is 0 Å². The molecule has 1 aliphatic rings. The molecule has 3 nitrogen and oxygen atoms in total. The molecular formula is C9H11F3O3S. The molecule has 0 aromatic heterocycles. The highest BCUT2D eigenvalue weighted by atomic mass is 32.2. The second-order valence-corrected chi connectivity index (χ2v) is 5.24. The first-order valence-electron chi connectivity index (χ1n) is 4.46. The van der Waals surface area contributed by atoms with E-state index in [1.807, 2.05) is 0 Å². The van der Waals surface area contributed by atoms with Crippen LogP contribution in [0.4, 0.5) is 13.2 Å². The molecule has 92 valence electrons. The highest BCUT2D eigenvalue weighted by Crippen LogP contribution is 2.34. The second-order valence-electron chi connectivity index (χ2n) is 3.70. The Bertz CT molecular complexity index is 422. The van der Waals surface area contributed by atoms with Gasteiger partial charge in [-0.15, -0.1) is 0 Å². The van der Waals surface area contributed by atoms with Crippen molar-refractivity contribution in [3.63, 3.8) is 0 Å². The van der Waals surface area contributed by atoms with Crippen molar-refractivity contribution in [2.45, 2.75) is 25.0 Å². The van der Waals surface area contributed by atoms with Gasteiger partial charge in [0.05, 0.1) is 0 Å². The molecule has 2 atom stereocenters. The summed E-state index contributed by atoms with van der Waals surface area (Å²) >= 11 is 0. The van der Waals surface area contributed by atoms with Crippen LogP contribution in [0.15, 0.2) is 24.3 Å². The second kappa shape index (κ2) is 3.89. The van der Waals surface area contributed by atoms with Gasteiger partial charge in [-0.1, -0.05) is 31.2 Å². The van der Waals surface area contributed by atoms with Crippen molar-refractivity contribution in [2.24, 2.45) is 5.92 Å². The molecular weight excluding hydrogens is 245 g/mol. The highest BCUT2D eigenvalue weighted by molar-refractivity contribution is 7.87. The van der Waals surface area contributed by atoms with Crippen molar-refractivity contribution in [2.75, 3.05) is 0 Å². The van der Waals surface area contributed by atoms with Crippen molar-refractivity contribution in [1.82, 2.24) is 0 Å². The molecule has 0 heterocycles. The monoisotopic (exact) mass is 256 g/mol. The maximum atomic E-state index is 12.1. The van der Waals surface area contributed by atoms with Crippen LogP contribution in [0.5, 0.6) is 0 Å². The lowest BCUT2D eigenvalue weighted by molar-refractivity contribution is -0.0627. The average Bonchev–Trinajstić information content (AvgIpc) is 2.07. The van der Waals surface area contributed by atoms with E-state index < -0.39 is 27.1 Å². The summed E-state index contributed by atoms with van der Waals surface area (Å²) in [5.74, 6) is -0.463. The number of alkyl halides is 3. The molecule has 0 aliphatic heterocycles. The van der Waals surface area contributed by atoms with Crippen molar-refractivity contribution in [3.05, 3.63) is 24.3 Å². The molecule has 1 aliphatic carbocycles. The number of rotatable bonds is 2. The van der Waals surface area contributed by atoms with Crippen molar-refractivity contribution < 1.29 is 25.8 Å². The van der Waals surface area contributed by atoms with Crippen molar-refractivity contribution in [1.29, 1.82) is 0 Å². The fraction of sp³-hybridized carbons (Fsp3) is 0.556. The molecule has 0 radical (unpaired) electrons. The van der Waals surface area contributed by atoms with E-state index in [-0.39, 0.29) is 0 Å². The summed E-state index contributed by atoms with van der Waals surface area (Å²) in [5, 5.41) is 0. The maximum absolute atomic E-state index is 12.1. The van der Waals surface area contributed by atoms with Gasteiger partial charge in [0.15, 0.2) is 0 Å². The summed E-state index contributed by atoms with van der Waals surface area (Å²) in [7, 11) is -5.57. The van der Waals surface area contributed by atoms with E-state index in [4.69, 9.17) is 0 Å². The molecule has 0 fully saturated rings. The number of halogens is 3. The molecule has 16 heavy (non-hydrogen) atoms. The molecule has 1 rings (SSSR count). The predicted octanol–water partition coefficient (Wildman–Crippen LogP) is 2.37. The van der Waals surface area contributed by atoms with Gasteiger partial charge in [0.2, 0.25) is 0 Å². The fourth-order valence-electron chi connectivity index (χ4n) is 1.21. The molecule has 2 unspecified atom stereocenters. The standard InChI is InChI=1S/C9H11F3O3S/c1-7-5-3-4-6-8(7,2)15-16(13,14)9(10,11)12/h3-7H,1-2H3. The van der Waals surface area contributed by atoms with Crippen LogP contribution in [0.3, 0.4) is 0 Å². The largest absolute Gasteiger partial charge is 0.523 e. The van der Waals surface area contributed by atoms with Crippen LogP contribution in [0.1, 0.15) is 13.8 Å². The highest BCUT2D eigenvalue weighted by Gasteiger charge is 2.51. The van der Waals surface area contributed by atoms with Crippen LogP contribution in [0.2, 0.25) is 0 Å². The Hall–Kier alpha value is -0.820. The smallest absolute Gasteiger partial charge is 0.252 e. The molecule has 7 heteroatoms. The van der Waals surface area contributed by atoms with Gasteiger partial charge in [-0.25, -0.2) is 0 Å². The molecule has 0 amide bonds. The summed E-state index contributed by atoms with van der Waals surface area (Å²) < 4.78 is 62.4. The number of allylic oxidation sites excluding steroid dienone is 2. The van der Waals surface area contributed by atoms with Gasteiger partial charge in [-0.05, 0) is 6.92 Å². The van der Waals surface area contributed by atoms with E-state index in [0.29, 0.717) is 0 Å². The molecule has 0 spiro atoms. The lowest BCUT2D eigenvalue weighted by Gasteiger charge is -2.32. The minimum atomic E-state index is -5.57. The lowest BCUT2D eigenvalue weighted by Crippen LogP contribution is -2.40. The normalized spacial score (nSPS) is 30.7. The molecule has 0 N–H and O–H groups in total. The Morgan fingerprint density at radius 2 is 1.88 bits per heavy atom.